The molecule has 0 atom stereocenters. The van der Waals surface area contributed by atoms with Crippen LogP contribution in [0.25, 0.3) is 5.69 Å². The molecule has 1 aromatic carbocycles. The van der Waals surface area contributed by atoms with E-state index in [9.17, 15) is 4.79 Å². The Kier molecular flexibility index (Phi) is 2.00. The van der Waals surface area contributed by atoms with Crippen molar-refractivity contribution in [1.82, 2.24) is 4.57 Å². The van der Waals surface area contributed by atoms with Crippen LogP contribution < -0.4 is 5.76 Å². The molecule has 0 radical (unpaired) electrons. The van der Waals surface area contributed by atoms with Crippen LogP contribution in [0.15, 0.2) is 39.9 Å². The second-order valence-electron chi connectivity index (χ2n) is 3.33. The van der Waals surface area contributed by atoms with E-state index < -0.39 is 0 Å². The van der Waals surface area contributed by atoms with E-state index in [0.29, 0.717) is 0 Å². The molecule has 0 amide bonds. The lowest BCUT2D eigenvalue weighted by molar-refractivity contribution is 0.504. The Morgan fingerprint density at radius 3 is 2.64 bits per heavy atom. The van der Waals surface area contributed by atoms with Gasteiger partial charge in [-0.1, -0.05) is 17.7 Å². The molecule has 2 rings (SSSR count). The zero-order valence-corrected chi connectivity index (χ0v) is 8.15. The van der Waals surface area contributed by atoms with Crippen LogP contribution in [0.5, 0.6) is 0 Å². The van der Waals surface area contributed by atoms with Crippen LogP contribution in [0, 0.1) is 13.8 Å². The van der Waals surface area contributed by atoms with Crippen molar-refractivity contribution >= 4 is 0 Å². The molecule has 0 saturated carbocycles. The molecular formula is C11H11NO2. The van der Waals surface area contributed by atoms with E-state index in [1.54, 1.807) is 6.20 Å². The summed E-state index contributed by atoms with van der Waals surface area (Å²) in [5.74, 6) is -0.350. The normalized spacial score (nSPS) is 10.4. The van der Waals surface area contributed by atoms with E-state index >= 15 is 0 Å². The third-order valence-electron chi connectivity index (χ3n) is 2.19. The fourth-order valence-corrected chi connectivity index (χ4v) is 1.52. The van der Waals surface area contributed by atoms with Crippen LogP contribution in [0.1, 0.15) is 11.1 Å². The molecule has 14 heavy (non-hydrogen) atoms. The van der Waals surface area contributed by atoms with E-state index in [2.05, 4.69) is 0 Å². The summed E-state index contributed by atoms with van der Waals surface area (Å²) < 4.78 is 6.21. The molecule has 0 aliphatic carbocycles. The van der Waals surface area contributed by atoms with Gasteiger partial charge in [0.05, 0.1) is 11.9 Å². The van der Waals surface area contributed by atoms with Gasteiger partial charge < -0.3 is 4.42 Å². The lowest BCUT2D eigenvalue weighted by atomic mass is 10.1. The Hall–Kier alpha value is -1.77. The lowest BCUT2D eigenvalue weighted by Crippen LogP contribution is -2.11. The Labute approximate surface area is 81.6 Å². The monoisotopic (exact) mass is 189 g/mol. The van der Waals surface area contributed by atoms with Gasteiger partial charge >= 0.3 is 5.76 Å². The van der Waals surface area contributed by atoms with Crippen LogP contribution >= 0.6 is 0 Å². The highest BCUT2D eigenvalue weighted by Gasteiger charge is 2.04. The van der Waals surface area contributed by atoms with Crippen molar-refractivity contribution < 1.29 is 4.42 Å². The SMILES string of the molecule is Cc1ccc(-n2ccoc2=O)c(C)c1. The number of aromatic nitrogens is 1. The molecule has 3 nitrogen and oxygen atoms in total. The highest BCUT2D eigenvalue weighted by Crippen LogP contribution is 2.13. The number of hydrogen-bond donors (Lipinski definition) is 0. The third kappa shape index (κ3) is 1.37. The van der Waals surface area contributed by atoms with Crippen molar-refractivity contribution in [2.45, 2.75) is 13.8 Å². The fraction of sp³-hybridized carbons (Fsp3) is 0.182. The smallest absolute Gasteiger partial charge is 0.416 e. The number of aryl methyl sites for hydroxylation is 2. The average molecular weight is 189 g/mol. The van der Waals surface area contributed by atoms with E-state index in [-0.39, 0.29) is 5.76 Å². The predicted octanol–water partition coefficient (Wildman–Crippen LogP) is 2.05. The van der Waals surface area contributed by atoms with Crippen molar-refractivity contribution in [2.24, 2.45) is 0 Å². The minimum absolute atomic E-state index is 0.350. The molecular weight excluding hydrogens is 178 g/mol. The summed E-state index contributed by atoms with van der Waals surface area (Å²) in [5.41, 5.74) is 3.12. The van der Waals surface area contributed by atoms with E-state index in [4.69, 9.17) is 4.42 Å². The summed E-state index contributed by atoms with van der Waals surface area (Å²) in [6.07, 6.45) is 3.02. The molecule has 0 aliphatic rings. The van der Waals surface area contributed by atoms with Gasteiger partial charge in [-0.05, 0) is 25.5 Å². The number of benzene rings is 1. The molecule has 3 heteroatoms. The molecule has 72 valence electrons. The fourth-order valence-electron chi connectivity index (χ4n) is 1.52. The zero-order valence-electron chi connectivity index (χ0n) is 8.15. The molecule has 0 aliphatic heterocycles. The molecule has 2 aromatic rings. The summed E-state index contributed by atoms with van der Waals surface area (Å²) in [6, 6.07) is 5.93. The first-order valence-electron chi connectivity index (χ1n) is 4.42. The highest BCUT2D eigenvalue weighted by molar-refractivity contribution is 5.42. The van der Waals surface area contributed by atoms with E-state index in [1.165, 1.54) is 16.4 Å². The van der Waals surface area contributed by atoms with Gasteiger partial charge in [-0.25, -0.2) is 9.36 Å². The first-order chi connectivity index (χ1) is 6.68. The van der Waals surface area contributed by atoms with Crippen molar-refractivity contribution in [2.75, 3.05) is 0 Å². The quantitative estimate of drug-likeness (QED) is 0.688. The maximum absolute atomic E-state index is 11.3. The topological polar surface area (TPSA) is 35.1 Å². The van der Waals surface area contributed by atoms with Gasteiger partial charge in [0.2, 0.25) is 0 Å². The second kappa shape index (κ2) is 3.18. The molecule has 0 N–H and O–H groups in total. The van der Waals surface area contributed by atoms with E-state index in [0.717, 1.165) is 11.3 Å². The number of oxazole rings is 1. The third-order valence-corrected chi connectivity index (χ3v) is 2.19. The molecule has 0 unspecified atom stereocenters. The van der Waals surface area contributed by atoms with Gasteiger partial charge in [0, 0.05) is 0 Å². The van der Waals surface area contributed by atoms with Crippen molar-refractivity contribution in [3.63, 3.8) is 0 Å². The number of hydrogen-bond acceptors (Lipinski definition) is 2. The number of rotatable bonds is 1. The Morgan fingerprint density at radius 2 is 2.07 bits per heavy atom. The summed E-state index contributed by atoms with van der Waals surface area (Å²) in [4.78, 5) is 11.3. The Morgan fingerprint density at radius 1 is 1.29 bits per heavy atom. The molecule has 0 fully saturated rings. The molecule has 0 bridgehead atoms. The second-order valence-corrected chi connectivity index (χ2v) is 3.33. The van der Waals surface area contributed by atoms with Crippen LogP contribution in [0.3, 0.4) is 0 Å². The first-order valence-corrected chi connectivity index (χ1v) is 4.42. The van der Waals surface area contributed by atoms with Crippen LogP contribution in [-0.4, -0.2) is 4.57 Å². The molecule has 1 heterocycles. The van der Waals surface area contributed by atoms with Gasteiger partial charge in [-0.15, -0.1) is 0 Å². The van der Waals surface area contributed by atoms with Gasteiger partial charge in [0.1, 0.15) is 6.26 Å². The Bertz CT molecular complexity index is 508. The Balaban J connectivity index is 2.63. The van der Waals surface area contributed by atoms with Crippen molar-refractivity contribution in [3.8, 4) is 5.69 Å². The largest absolute Gasteiger partial charge is 0.423 e. The summed E-state index contributed by atoms with van der Waals surface area (Å²) in [5, 5.41) is 0. The molecule has 0 saturated heterocycles. The zero-order chi connectivity index (χ0) is 10.1. The van der Waals surface area contributed by atoms with Crippen molar-refractivity contribution in [3.05, 3.63) is 52.3 Å². The van der Waals surface area contributed by atoms with Gasteiger partial charge in [0.15, 0.2) is 0 Å². The summed E-state index contributed by atoms with van der Waals surface area (Å²) in [6.45, 7) is 4.00. The van der Waals surface area contributed by atoms with Gasteiger partial charge in [0.25, 0.3) is 0 Å². The van der Waals surface area contributed by atoms with Gasteiger partial charge in [-0.3, -0.25) is 0 Å². The van der Waals surface area contributed by atoms with Crippen LogP contribution in [0.4, 0.5) is 0 Å². The summed E-state index contributed by atoms with van der Waals surface area (Å²) >= 11 is 0. The maximum atomic E-state index is 11.3. The molecule has 0 spiro atoms. The minimum atomic E-state index is -0.350. The molecule has 1 aromatic heterocycles. The average Bonchev–Trinajstić information content (AvgIpc) is 2.52. The van der Waals surface area contributed by atoms with E-state index in [1.807, 2.05) is 32.0 Å². The standard InChI is InChI=1S/C11H11NO2/c1-8-3-4-10(9(2)7-8)12-5-6-14-11(12)13/h3-7H,1-2H3. The van der Waals surface area contributed by atoms with Gasteiger partial charge in [-0.2, -0.15) is 0 Å². The maximum Gasteiger partial charge on any atom is 0.423 e. The lowest BCUT2D eigenvalue weighted by Gasteiger charge is -2.05. The van der Waals surface area contributed by atoms with Crippen molar-refractivity contribution in [1.29, 1.82) is 0 Å². The minimum Gasteiger partial charge on any atom is -0.416 e. The van der Waals surface area contributed by atoms with Crippen LogP contribution in [-0.2, 0) is 0 Å². The summed E-state index contributed by atoms with van der Waals surface area (Å²) in [7, 11) is 0. The first kappa shape index (κ1) is 8.81. The highest BCUT2D eigenvalue weighted by atomic mass is 16.4. The predicted molar refractivity (Wildman–Crippen MR) is 53.8 cm³/mol. The number of nitrogens with zero attached hydrogens (tertiary/aromatic N) is 1. The van der Waals surface area contributed by atoms with Crippen LogP contribution in [0.2, 0.25) is 0 Å².